The van der Waals surface area contributed by atoms with Crippen molar-refractivity contribution in [3.05, 3.63) is 82.8 Å². The quantitative estimate of drug-likeness (QED) is 0.286. The molecule has 0 saturated heterocycles. The summed E-state index contributed by atoms with van der Waals surface area (Å²) in [6, 6.07) is 16.2. The maximum atomic E-state index is 14.1. The third kappa shape index (κ3) is 4.88. The first-order chi connectivity index (χ1) is 16.3. The van der Waals surface area contributed by atoms with Crippen molar-refractivity contribution in [2.75, 3.05) is 19.4 Å². The van der Waals surface area contributed by atoms with Gasteiger partial charge < -0.3 is 15.3 Å². The van der Waals surface area contributed by atoms with Crippen molar-refractivity contribution in [2.24, 2.45) is 0 Å². The number of phenolic OH excluding ortho intramolecular Hbond substituents is 1. The van der Waals surface area contributed by atoms with Gasteiger partial charge in [0, 0.05) is 30.2 Å². The van der Waals surface area contributed by atoms with Gasteiger partial charge in [0.25, 0.3) is 0 Å². The van der Waals surface area contributed by atoms with E-state index in [1.807, 2.05) is 57.4 Å². The van der Waals surface area contributed by atoms with E-state index in [0.717, 1.165) is 17.6 Å². The highest BCUT2D eigenvalue weighted by atomic mass is 35.5. The van der Waals surface area contributed by atoms with Crippen molar-refractivity contribution in [2.45, 2.75) is 19.9 Å². The molecule has 4 rings (SSSR count). The summed E-state index contributed by atoms with van der Waals surface area (Å²) in [6.45, 7) is 2.64. The fourth-order valence-corrected chi connectivity index (χ4v) is 4.05. The van der Waals surface area contributed by atoms with E-state index in [1.54, 1.807) is 12.3 Å². The van der Waals surface area contributed by atoms with Crippen LogP contribution < -0.4 is 5.32 Å². The number of aromatic nitrogens is 1. The van der Waals surface area contributed by atoms with E-state index in [9.17, 15) is 14.3 Å². The summed E-state index contributed by atoms with van der Waals surface area (Å²) in [6.07, 6.45) is 1.93. The number of fused-ring (bicyclic) bond motifs is 1. The number of halogens is 2. The van der Waals surface area contributed by atoms with Crippen molar-refractivity contribution in [3.63, 3.8) is 0 Å². The summed E-state index contributed by atoms with van der Waals surface area (Å²) in [5.74, 6) is -1.42. The minimum absolute atomic E-state index is 0.0368. The van der Waals surface area contributed by atoms with Crippen LogP contribution in [0.15, 0.2) is 60.8 Å². The average Bonchev–Trinajstić information content (AvgIpc) is 2.82. The largest absolute Gasteiger partial charge is 0.504 e. The Balaban J connectivity index is 1.83. The maximum Gasteiger partial charge on any atom is 0.170 e. The fraction of sp³-hybridized carbons (Fsp3) is 0.185. The number of nitrogens with zero attached hydrogens (tertiary/aromatic N) is 2. The number of carbonyl (C=O) groups is 1. The van der Waals surface area contributed by atoms with Crippen molar-refractivity contribution in [1.82, 2.24) is 9.88 Å². The van der Waals surface area contributed by atoms with E-state index in [-0.39, 0.29) is 10.8 Å². The zero-order valence-electron chi connectivity index (χ0n) is 19.2. The molecule has 7 heteroatoms. The zero-order chi connectivity index (χ0) is 24.4. The van der Waals surface area contributed by atoms with Crippen LogP contribution in [-0.4, -0.2) is 34.9 Å². The number of phenols is 1. The van der Waals surface area contributed by atoms with Crippen molar-refractivity contribution in [1.29, 1.82) is 0 Å². The summed E-state index contributed by atoms with van der Waals surface area (Å²) < 4.78 is 14.1. The normalized spacial score (nSPS) is 11.2. The zero-order valence-corrected chi connectivity index (χ0v) is 19.9. The molecule has 0 radical (unpaired) electrons. The molecule has 174 valence electrons. The number of carbonyl (C=O) groups excluding carboxylic acids is 1. The average molecular weight is 478 g/mol. The highest BCUT2D eigenvalue weighted by molar-refractivity contribution is 6.32. The molecule has 0 atom stereocenters. The molecule has 2 N–H and O–H groups in total. The molecule has 0 amide bonds. The van der Waals surface area contributed by atoms with Gasteiger partial charge in [-0.2, -0.15) is 0 Å². The van der Waals surface area contributed by atoms with Gasteiger partial charge in [-0.25, -0.2) is 4.39 Å². The number of anilines is 2. The lowest BCUT2D eigenvalue weighted by Crippen LogP contribution is -2.10. The Morgan fingerprint density at radius 3 is 2.47 bits per heavy atom. The van der Waals surface area contributed by atoms with Gasteiger partial charge in [-0.15, -0.1) is 0 Å². The molecule has 4 aromatic rings. The first kappa shape index (κ1) is 23.7. The van der Waals surface area contributed by atoms with Gasteiger partial charge in [-0.3, -0.25) is 9.78 Å². The van der Waals surface area contributed by atoms with Gasteiger partial charge in [-0.1, -0.05) is 36.7 Å². The van der Waals surface area contributed by atoms with E-state index in [0.29, 0.717) is 34.3 Å². The number of ketones is 1. The monoisotopic (exact) mass is 477 g/mol. The minimum Gasteiger partial charge on any atom is -0.504 e. The number of pyridine rings is 1. The Kier molecular flexibility index (Phi) is 6.82. The second kappa shape index (κ2) is 9.79. The van der Waals surface area contributed by atoms with Crippen molar-refractivity contribution >= 4 is 39.7 Å². The van der Waals surface area contributed by atoms with Crippen LogP contribution in [0.2, 0.25) is 5.02 Å². The summed E-state index contributed by atoms with van der Waals surface area (Å²) in [7, 11) is 4.03. The first-order valence-corrected chi connectivity index (χ1v) is 11.3. The number of rotatable bonds is 7. The lowest BCUT2D eigenvalue weighted by Gasteiger charge is -2.16. The number of benzene rings is 3. The molecular formula is C27H25ClFN3O2. The second-order valence-electron chi connectivity index (χ2n) is 8.40. The molecule has 0 saturated carbocycles. The predicted molar refractivity (Wildman–Crippen MR) is 136 cm³/mol. The van der Waals surface area contributed by atoms with Crippen LogP contribution in [-0.2, 0) is 6.54 Å². The first-order valence-electron chi connectivity index (χ1n) is 10.9. The summed E-state index contributed by atoms with van der Waals surface area (Å²) in [4.78, 5) is 19.3. The van der Waals surface area contributed by atoms with E-state index in [1.165, 1.54) is 17.7 Å². The molecule has 34 heavy (non-hydrogen) atoms. The standard InChI is InChI=1S/C27H25ClFN3O2/c1-4-25(33)21-14-30-24-10-7-17(18-12-22(28)27(34)23(29)13-18)11-20(24)26(21)31-19-8-5-16(6-9-19)15-32(2)3/h5-14,34H,4,15H2,1-3H3,(H,30,31). The Bertz CT molecular complexity index is 1350. The number of Topliss-reactive ketones (excluding diaryl/α,β-unsaturated/α-hetero) is 1. The third-order valence-electron chi connectivity index (χ3n) is 5.56. The molecule has 0 spiro atoms. The Morgan fingerprint density at radius 1 is 1.09 bits per heavy atom. The molecule has 1 aromatic heterocycles. The molecule has 3 aromatic carbocycles. The highest BCUT2D eigenvalue weighted by Crippen LogP contribution is 2.36. The van der Waals surface area contributed by atoms with Crippen LogP contribution in [0.25, 0.3) is 22.0 Å². The Morgan fingerprint density at radius 2 is 1.82 bits per heavy atom. The van der Waals surface area contributed by atoms with Gasteiger partial charge in [0.1, 0.15) is 0 Å². The summed E-state index contributed by atoms with van der Waals surface area (Å²) >= 11 is 5.99. The molecule has 0 fully saturated rings. The molecule has 1 heterocycles. The smallest absolute Gasteiger partial charge is 0.170 e. The van der Waals surface area contributed by atoms with Gasteiger partial charge >= 0.3 is 0 Å². The van der Waals surface area contributed by atoms with Crippen LogP contribution >= 0.6 is 11.6 Å². The van der Waals surface area contributed by atoms with Crippen LogP contribution in [0.5, 0.6) is 5.75 Å². The fourth-order valence-electron chi connectivity index (χ4n) is 3.84. The molecule has 0 unspecified atom stereocenters. The van der Waals surface area contributed by atoms with Gasteiger partial charge in [-0.05, 0) is 67.2 Å². The molecule has 0 aliphatic carbocycles. The highest BCUT2D eigenvalue weighted by Gasteiger charge is 2.17. The lowest BCUT2D eigenvalue weighted by atomic mass is 9.99. The maximum absolute atomic E-state index is 14.1. The number of hydrogen-bond donors (Lipinski definition) is 2. The summed E-state index contributed by atoms with van der Waals surface area (Å²) in [5.41, 5.74) is 5.02. The molecular weight excluding hydrogens is 453 g/mol. The minimum atomic E-state index is -0.799. The van der Waals surface area contributed by atoms with Crippen LogP contribution in [0.3, 0.4) is 0 Å². The molecule has 0 bridgehead atoms. The second-order valence-corrected chi connectivity index (χ2v) is 8.81. The van der Waals surface area contributed by atoms with E-state index in [4.69, 9.17) is 11.6 Å². The van der Waals surface area contributed by atoms with Crippen LogP contribution in [0, 0.1) is 5.82 Å². The van der Waals surface area contributed by atoms with Crippen LogP contribution in [0.1, 0.15) is 29.3 Å². The summed E-state index contributed by atoms with van der Waals surface area (Å²) in [5, 5.41) is 13.7. The van der Waals surface area contributed by atoms with Crippen molar-refractivity contribution < 1.29 is 14.3 Å². The number of aromatic hydroxyl groups is 1. The van der Waals surface area contributed by atoms with Gasteiger partial charge in [0.2, 0.25) is 0 Å². The molecule has 0 aliphatic heterocycles. The number of hydrogen-bond acceptors (Lipinski definition) is 5. The Labute approximate surface area is 202 Å². The third-order valence-corrected chi connectivity index (χ3v) is 5.85. The van der Waals surface area contributed by atoms with Crippen molar-refractivity contribution in [3.8, 4) is 16.9 Å². The van der Waals surface area contributed by atoms with E-state index >= 15 is 0 Å². The van der Waals surface area contributed by atoms with Gasteiger partial charge in [0.15, 0.2) is 17.3 Å². The Hall–Kier alpha value is -3.48. The van der Waals surface area contributed by atoms with Crippen LogP contribution in [0.4, 0.5) is 15.8 Å². The topological polar surface area (TPSA) is 65.5 Å². The lowest BCUT2D eigenvalue weighted by molar-refractivity contribution is 0.0988. The molecule has 5 nitrogen and oxygen atoms in total. The van der Waals surface area contributed by atoms with E-state index < -0.39 is 11.6 Å². The van der Waals surface area contributed by atoms with Gasteiger partial charge in [0.05, 0.1) is 21.8 Å². The number of nitrogens with one attached hydrogen (secondary N) is 1. The predicted octanol–water partition coefficient (Wildman–Crippen LogP) is 6.80. The van der Waals surface area contributed by atoms with E-state index in [2.05, 4.69) is 15.2 Å². The SMILES string of the molecule is CCC(=O)c1cnc2ccc(-c3cc(F)c(O)c(Cl)c3)cc2c1Nc1ccc(CN(C)C)cc1. The molecule has 0 aliphatic rings.